The van der Waals surface area contributed by atoms with Crippen molar-refractivity contribution in [2.45, 2.75) is 6.54 Å². The Labute approximate surface area is 134 Å². The molecule has 2 rings (SSSR count). The topological polar surface area (TPSA) is 20.3 Å². The Kier molecular flexibility index (Phi) is 4.90. The Morgan fingerprint density at radius 3 is 2.58 bits per heavy atom. The monoisotopic (exact) mass is 377 g/mol. The molecule has 1 amide bonds. The molecule has 0 saturated carbocycles. The van der Waals surface area contributed by atoms with Crippen molar-refractivity contribution in [3.8, 4) is 0 Å². The molecule has 0 aliphatic carbocycles. The number of thiophene rings is 1. The van der Waals surface area contributed by atoms with E-state index < -0.39 is 0 Å². The lowest BCUT2D eigenvalue weighted by molar-refractivity contribution is 0.0790. The number of rotatable bonds is 3. The lowest BCUT2D eigenvalue weighted by Gasteiger charge is -2.16. The number of hydrogen-bond acceptors (Lipinski definition) is 2. The number of carbonyl (C=O) groups is 1. The number of amides is 1. The van der Waals surface area contributed by atoms with Gasteiger partial charge in [0.1, 0.15) is 0 Å². The van der Waals surface area contributed by atoms with E-state index in [1.165, 1.54) is 11.3 Å². The van der Waals surface area contributed by atoms with Crippen molar-refractivity contribution >= 4 is 56.4 Å². The predicted octanol–water partition coefficient (Wildman–Crippen LogP) is 5.09. The summed E-state index contributed by atoms with van der Waals surface area (Å²) in [5.41, 5.74) is 0.945. The lowest BCUT2D eigenvalue weighted by atomic mass is 10.2. The normalized spacial score (nSPS) is 10.5. The van der Waals surface area contributed by atoms with Crippen LogP contribution in [-0.4, -0.2) is 17.9 Å². The van der Waals surface area contributed by atoms with Crippen molar-refractivity contribution in [2.24, 2.45) is 0 Å². The van der Waals surface area contributed by atoms with Gasteiger partial charge >= 0.3 is 0 Å². The predicted molar refractivity (Wildman–Crippen MR) is 84.3 cm³/mol. The van der Waals surface area contributed by atoms with E-state index in [0.717, 1.165) is 9.35 Å². The average Bonchev–Trinajstić information content (AvgIpc) is 2.79. The van der Waals surface area contributed by atoms with Crippen LogP contribution in [0.5, 0.6) is 0 Å². The van der Waals surface area contributed by atoms with Crippen LogP contribution in [0.3, 0.4) is 0 Å². The molecule has 100 valence electrons. The highest BCUT2D eigenvalue weighted by Gasteiger charge is 2.14. The summed E-state index contributed by atoms with van der Waals surface area (Å²) in [7, 11) is 1.76. The minimum Gasteiger partial charge on any atom is -0.337 e. The third-order valence-corrected chi connectivity index (χ3v) is 4.89. The van der Waals surface area contributed by atoms with Crippen LogP contribution in [0.15, 0.2) is 34.1 Å². The standard InChI is InChI=1S/C13H10BrCl2NOS/c1-17(13(18)11-4-5-12(14)19-11)7-8-2-3-9(15)10(16)6-8/h2-6H,7H2,1H3. The van der Waals surface area contributed by atoms with Crippen LogP contribution >= 0.6 is 50.5 Å². The minimum absolute atomic E-state index is 0.0122. The number of hydrogen-bond donors (Lipinski definition) is 0. The molecule has 0 radical (unpaired) electrons. The molecule has 1 aromatic carbocycles. The number of halogens is 3. The fourth-order valence-electron chi connectivity index (χ4n) is 1.60. The number of carbonyl (C=O) groups excluding carboxylic acids is 1. The van der Waals surface area contributed by atoms with Gasteiger partial charge in [0.2, 0.25) is 0 Å². The van der Waals surface area contributed by atoms with Gasteiger partial charge < -0.3 is 4.90 Å². The summed E-state index contributed by atoms with van der Waals surface area (Å²) in [6.45, 7) is 0.491. The third kappa shape index (κ3) is 3.72. The minimum atomic E-state index is -0.0122. The second kappa shape index (κ2) is 6.27. The fraction of sp³-hybridized carbons (Fsp3) is 0.154. The van der Waals surface area contributed by atoms with Gasteiger partial charge in [-0.15, -0.1) is 11.3 Å². The first-order chi connectivity index (χ1) is 8.97. The van der Waals surface area contributed by atoms with Gasteiger partial charge in [-0.25, -0.2) is 0 Å². The largest absolute Gasteiger partial charge is 0.337 e. The molecule has 0 aliphatic heterocycles. The van der Waals surface area contributed by atoms with Crippen molar-refractivity contribution in [1.82, 2.24) is 4.90 Å². The van der Waals surface area contributed by atoms with Crippen LogP contribution in [0.1, 0.15) is 15.2 Å². The summed E-state index contributed by atoms with van der Waals surface area (Å²) in [5.74, 6) is -0.0122. The van der Waals surface area contributed by atoms with Crippen molar-refractivity contribution < 1.29 is 4.79 Å². The van der Waals surface area contributed by atoms with E-state index in [4.69, 9.17) is 23.2 Å². The molecule has 0 aliphatic rings. The van der Waals surface area contributed by atoms with E-state index in [9.17, 15) is 4.79 Å². The summed E-state index contributed by atoms with van der Waals surface area (Å²) in [5, 5.41) is 1.01. The van der Waals surface area contributed by atoms with Crippen LogP contribution in [-0.2, 0) is 6.54 Å². The first kappa shape index (κ1) is 14.9. The zero-order chi connectivity index (χ0) is 14.0. The second-order valence-corrected chi connectivity index (χ2v) is 7.29. The highest BCUT2D eigenvalue weighted by molar-refractivity contribution is 9.11. The molecule has 0 N–H and O–H groups in total. The first-order valence-corrected chi connectivity index (χ1v) is 7.78. The van der Waals surface area contributed by atoms with Crippen LogP contribution < -0.4 is 0 Å². The van der Waals surface area contributed by atoms with Gasteiger partial charge in [-0.1, -0.05) is 29.3 Å². The molecule has 0 spiro atoms. The van der Waals surface area contributed by atoms with Gasteiger partial charge in [-0.3, -0.25) is 4.79 Å². The molecule has 0 atom stereocenters. The molecule has 1 aromatic heterocycles. The summed E-state index contributed by atoms with van der Waals surface area (Å²) in [6.07, 6.45) is 0. The maximum atomic E-state index is 12.2. The molecule has 6 heteroatoms. The molecule has 1 heterocycles. The number of nitrogens with zero attached hydrogens (tertiary/aromatic N) is 1. The van der Waals surface area contributed by atoms with E-state index in [0.29, 0.717) is 21.5 Å². The van der Waals surface area contributed by atoms with E-state index in [-0.39, 0.29) is 5.91 Å². The van der Waals surface area contributed by atoms with Crippen molar-refractivity contribution in [3.63, 3.8) is 0 Å². The van der Waals surface area contributed by atoms with Crippen LogP contribution in [0.25, 0.3) is 0 Å². The summed E-state index contributed by atoms with van der Waals surface area (Å²) < 4.78 is 0.943. The van der Waals surface area contributed by atoms with Gasteiger partial charge in [0, 0.05) is 13.6 Å². The maximum Gasteiger partial charge on any atom is 0.264 e. The number of benzene rings is 1. The summed E-state index contributed by atoms with van der Waals surface area (Å²) in [6, 6.07) is 9.05. The lowest BCUT2D eigenvalue weighted by Crippen LogP contribution is -2.25. The zero-order valence-corrected chi connectivity index (χ0v) is 13.9. The van der Waals surface area contributed by atoms with Crippen LogP contribution in [0, 0.1) is 0 Å². The molecule has 19 heavy (non-hydrogen) atoms. The SMILES string of the molecule is CN(Cc1ccc(Cl)c(Cl)c1)C(=O)c1ccc(Br)s1. The van der Waals surface area contributed by atoms with E-state index in [1.54, 1.807) is 24.1 Å². The van der Waals surface area contributed by atoms with Crippen molar-refractivity contribution in [2.75, 3.05) is 7.05 Å². The molecule has 0 saturated heterocycles. The quantitative estimate of drug-likeness (QED) is 0.728. The van der Waals surface area contributed by atoms with E-state index >= 15 is 0 Å². The van der Waals surface area contributed by atoms with Crippen molar-refractivity contribution in [3.05, 3.63) is 54.6 Å². The van der Waals surface area contributed by atoms with E-state index in [1.807, 2.05) is 18.2 Å². The molecular formula is C13H10BrCl2NOS. The van der Waals surface area contributed by atoms with Crippen molar-refractivity contribution in [1.29, 1.82) is 0 Å². The highest BCUT2D eigenvalue weighted by Crippen LogP contribution is 2.25. The third-order valence-electron chi connectivity index (χ3n) is 2.53. The Bertz CT molecular complexity index is 614. The maximum absolute atomic E-state index is 12.2. The van der Waals surface area contributed by atoms with Gasteiger partial charge in [-0.2, -0.15) is 0 Å². The summed E-state index contributed by atoms with van der Waals surface area (Å²) >= 11 is 16.6. The Morgan fingerprint density at radius 1 is 1.26 bits per heavy atom. The molecule has 0 bridgehead atoms. The summed E-state index contributed by atoms with van der Waals surface area (Å²) in [4.78, 5) is 14.5. The van der Waals surface area contributed by atoms with Gasteiger partial charge in [0.15, 0.2) is 0 Å². The Balaban J connectivity index is 2.10. The fourth-order valence-corrected chi connectivity index (χ4v) is 3.30. The molecule has 2 aromatic rings. The van der Waals surface area contributed by atoms with Gasteiger partial charge in [-0.05, 0) is 45.8 Å². The second-order valence-electron chi connectivity index (χ2n) is 4.01. The van der Waals surface area contributed by atoms with Crippen LogP contribution in [0.4, 0.5) is 0 Å². The Hall–Kier alpha value is -0.550. The smallest absolute Gasteiger partial charge is 0.264 e. The molecule has 2 nitrogen and oxygen atoms in total. The zero-order valence-electron chi connectivity index (χ0n) is 9.99. The molecule has 0 fully saturated rings. The van der Waals surface area contributed by atoms with E-state index in [2.05, 4.69) is 15.9 Å². The average molecular weight is 379 g/mol. The molecule has 0 unspecified atom stereocenters. The first-order valence-electron chi connectivity index (χ1n) is 5.42. The van der Waals surface area contributed by atoms with Crippen LogP contribution in [0.2, 0.25) is 10.0 Å². The Morgan fingerprint density at radius 2 is 2.00 bits per heavy atom. The van der Waals surface area contributed by atoms with Gasteiger partial charge in [0.05, 0.1) is 18.7 Å². The molecular weight excluding hydrogens is 369 g/mol. The highest BCUT2D eigenvalue weighted by atomic mass is 79.9. The van der Waals surface area contributed by atoms with Gasteiger partial charge in [0.25, 0.3) is 5.91 Å².